The normalized spacial score (nSPS) is 11.9. The van der Waals surface area contributed by atoms with Crippen LogP contribution in [0.5, 0.6) is 5.75 Å². The van der Waals surface area contributed by atoms with Crippen LogP contribution < -0.4 is 10.5 Å². The lowest BCUT2D eigenvalue weighted by atomic mass is 10.1. The number of sulfonamides is 1. The van der Waals surface area contributed by atoms with Gasteiger partial charge in [-0.2, -0.15) is 0 Å². The molecular weight excluding hydrogens is 378 g/mol. The Kier molecular flexibility index (Phi) is 4.68. The highest BCUT2D eigenvalue weighted by molar-refractivity contribution is 7.89. The molecule has 0 fully saturated rings. The lowest BCUT2D eigenvalue weighted by Gasteiger charge is -2.13. The molecule has 0 saturated carbocycles. The van der Waals surface area contributed by atoms with Gasteiger partial charge >= 0.3 is 0 Å². The van der Waals surface area contributed by atoms with Crippen molar-refractivity contribution in [2.24, 2.45) is 15.4 Å². The summed E-state index contributed by atoms with van der Waals surface area (Å²) in [5, 5.41) is 28.7. The monoisotopic (exact) mass is 391 g/mol. The molecule has 134 valence electrons. The van der Waals surface area contributed by atoms with Crippen molar-refractivity contribution < 1.29 is 18.3 Å². The van der Waals surface area contributed by atoms with Crippen LogP contribution in [0.1, 0.15) is 6.92 Å². The number of carbonyl (C=O) groups excluding carboxylic acids is 1. The number of phenolic OH excluding ortho intramolecular Hbond substituents is 1. The van der Waals surface area contributed by atoms with Crippen molar-refractivity contribution in [3.8, 4) is 5.75 Å². The number of hydrogen-bond donors (Lipinski definition) is 3. The molecular formula is C15H13N5O4S2. The summed E-state index contributed by atoms with van der Waals surface area (Å²) >= 11 is 1.24. The Morgan fingerprint density at radius 3 is 2.73 bits per heavy atom. The minimum Gasteiger partial charge on any atom is -0.506 e. The number of nitrogens with one attached hydrogen (secondary N) is 1. The molecule has 3 rings (SSSR count). The first-order valence-electron chi connectivity index (χ1n) is 7.17. The Bertz CT molecular complexity index is 1120. The molecule has 1 aromatic heterocycles. The molecule has 0 aliphatic heterocycles. The third-order valence-electron chi connectivity index (χ3n) is 3.36. The summed E-state index contributed by atoms with van der Waals surface area (Å²) in [6.07, 6.45) is 1.55. The molecule has 0 aliphatic rings. The third-order valence-corrected chi connectivity index (χ3v) is 4.94. The van der Waals surface area contributed by atoms with E-state index >= 15 is 0 Å². The molecule has 11 heteroatoms. The summed E-state index contributed by atoms with van der Waals surface area (Å²) < 4.78 is 23.6. The van der Waals surface area contributed by atoms with Crippen molar-refractivity contribution in [3.05, 3.63) is 35.8 Å². The predicted molar refractivity (Wildman–Crippen MR) is 97.6 cm³/mol. The standard InChI is InChI=1S/C15H13N5O4S2/c1-8(21)18-10-4-2-3-9-13(10)11(19-20-15-17-5-6-25-15)7-12(14(9)22)26(16,23)24/h2-7,22H,1H3,(H,18,21)(H2,16,23,24). The molecule has 0 saturated heterocycles. The number of aromatic nitrogens is 1. The van der Waals surface area contributed by atoms with Crippen LogP contribution in [0.3, 0.4) is 0 Å². The molecule has 2 aromatic carbocycles. The molecule has 0 aliphatic carbocycles. The summed E-state index contributed by atoms with van der Waals surface area (Å²) in [7, 11) is -4.21. The van der Waals surface area contributed by atoms with E-state index < -0.39 is 20.7 Å². The summed E-state index contributed by atoms with van der Waals surface area (Å²) in [6.45, 7) is 1.33. The molecule has 9 nitrogen and oxygen atoms in total. The van der Waals surface area contributed by atoms with E-state index in [9.17, 15) is 18.3 Å². The van der Waals surface area contributed by atoms with Gasteiger partial charge < -0.3 is 10.4 Å². The van der Waals surface area contributed by atoms with Crippen molar-refractivity contribution in [3.63, 3.8) is 0 Å². The average molecular weight is 391 g/mol. The number of thiazole rings is 1. The number of phenols is 1. The van der Waals surface area contributed by atoms with Gasteiger partial charge in [-0.1, -0.05) is 12.1 Å². The fraction of sp³-hybridized carbons (Fsp3) is 0.0667. The van der Waals surface area contributed by atoms with Gasteiger partial charge in [-0.15, -0.1) is 21.6 Å². The fourth-order valence-electron chi connectivity index (χ4n) is 2.37. The van der Waals surface area contributed by atoms with Crippen molar-refractivity contribution >= 4 is 54.5 Å². The number of nitrogens with zero attached hydrogens (tertiary/aromatic N) is 3. The second-order valence-electron chi connectivity index (χ2n) is 5.21. The van der Waals surface area contributed by atoms with E-state index in [0.717, 1.165) is 6.07 Å². The van der Waals surface area contributed by atoms with E-state index in [1.807, 2.05) is 0 Å². The van der Waals surface area contributed by atoms with E-state index in [1.54, 1.807) is 23.7 Å². The van der Waals surface area contributed by atoms with Crippen LogP contribution in [-0.4, -0.2) is 24.4 Å². The van der Waals surface area contributed by atoms with Crippen LogP contribution in [-0.2, 0) is 14.8 Å². The molecule has 1 amide bonds. The number of benzene rings is 2. The van der Waals surface area contributed by atoms with E-state index in [4.69, 9.17) is 5.14 Å². The number of rotatable bonds is 4. The third kappa shape index (κ3) is 3.54. The minimum atomic E-state index is -4.21. The molecule has 3 aromatic rings. The highest BCUT2D eigenvalue weighted by Crippen LogP contribution is 2.42. The number of azo groups is 1. The first kappa shape index (κ1) is 17.9. The smallest absolute Gasteiger partial charge is 0.241 e. The van der Waals surface area contributed by atoms with Crippen molar-refractivity contribution in [1.29, 1.82) is 0 Å². The second kappa shape index (κ2) is 6.78. The Hall–Kier alpha value is -2.89. The van der Waals surface area contributed by atoms with E-state index in [2.05, 4.69) is 20.5 Å². The Morgan fingerprint density at radius 1 is 1.35 bits per heavy atom. The highest BCUT2D eigenvalue weighted by Gasteiger charge is 2.21. The van der Waals surface area contributed by atoms with Crippen LogP contribution in [0.15, 0.2) is 51.0 Å². The SMILES string of the molecule is CC(=O)Nc1cccc2c(O)c(S(N)(=O)=O)cc(N=Nc3nccs3)c12. The molecule has 0 radical (unpaired) electrons. The second-order valence-corrected chi connectivity index (χ2v) is 7.61. The first-order valence-corrected chi connectivity index (χ1v) is 9.60. The van der Waals surface area contributed by atoms with Crippen LogP contribution in [0.25, 0.3) is 10.8 Å². The van der Waals surface area contributed by atoms with Gasteiger partial charge in [0.2, 0.25) is 21.1 Å². The van der Waals surface area contributed by atoms with Crippen LogP contribution in [0.4, 0.5) is 16.5 Å². The van der Waals surface area contributed by atoms with Crippen LogP contribution in [0.2, 0.25) is 0 Å². The van der Waals surface area contributed by atoms with Gasteiger partial charge in [0, 0.05) is 29.3 Å². The van der Waals surface area contributed by atoms with Crippen molar-refractivity contribution in [2.45, 2.75) is 11.8 Å². The molecule has 26 heavy (non-hydrogen) atoms. The molecule has 0 bridgehead atoms. The zero-order chi connectivity index (χ0) is 18.9. The zero-order valence-corrected chi connectivity index (χ0v) is 15.0. The molecule has 0 unspecified atom stereocenters. The van der Waals surface area contributed by atoms with Gasteiger partial charge in [0.1, 0.15) is 10.6 Å². The summed E-state index contributed by atoms with van der Waals surface area (Å²) in [4.78, 5) is 15.0. The largest absolute Gasteiger partial charge is 0.506 e. The number of amides is 1. The van der Waals surface area contributed by atoms with Gasteiger partial charge in [0.15, 0.2) is 0 Å². The molecule has 4 N–H and O–H groups in total. The predicted octanol–water partition coefficient (Wildman–Crippen LogP) is 3.02. The van der Waals surface area contributed by atoms with Crippen LogP contribution in [0, 0.1) is 0 Å². The lowest BCUT2D eigenvalue weighted by Crippen LogP contribution is -2.12. The Morgan fingerprint density at radius 2 is 2.12 bits per heavy atom. The number of aromatic hydroxyl groups is 1. The number of hydrogen-bond acceptors (Lipinski definition) is 8. The molecule has 1 heterocycles. The van der Waals surface area contributed by atoms with Crippen molar-refractivity contribution in [1.82, 2.24) is 4.98 Å². The number of carbonyl (C=O) groups is 1. The van der Waals surface area contributed by atoms with E-state index in [1.165, 1.54) is 24.3 Å². The van der Waals surface area contributed by atoms with Gasteiger partial charge in [-0.3, -0.25) is 4.79 Å². The number of primary sulfonamides is 1. The van der Waals surface area contributed by atoms with Crippen molar-refractivity contribution in [2.75, 3.05) is 5.32 Å². The molecule has 0 atom stereocenters. The number of nitrogens with two attached hydrogens (primary N) is 1. The first-order chi connectivity index (χ1) is 12.3. The Labute approximate surface area is 152 Å². The number of fused-ring (bicyclic) bond motifs is 1. The Balaban J connectivity index is 2.34. The highest BCUT2D eigenvalue weighted by atomic mass is 32.2. The summed E-state index contributed by atoms with van der Waals surface area (Å²) in [6, 6.07) is 5.76. The summed E-state index contributed by atoms with van der Waals surface area (Å²) in [5.74, 6) is -0.863. The van der Waals surface area contributed by atoms with Crippen LogP contribution >= 0.6 is 11.3 Å². The van der Waals surface area contributed by atoms with E-state index in [-0.39, 0.29) is 17.0 Å². The zero-order valence-electron chi connectivity index (χ0n) is 13.4. The fourth-order valence-corrected chi connectivity index (χ4v) is 3.48. The quantitative estimate of drug-likeness (QED) is 0.585. The van der Waals surface area contributed by atoms with Gasteiger partial charge in [-0.05, 0) is 12.1 Å². The van der Waals surface area contributed by atoms with Gasteiger partial charge in [-0.25, -0.2) is 18.5 Å². The maximum atomic E-state index is 11.8. The topological polar surface area (TPSA) is 147 Å². The maximum Gasteiger partial charge on any atom is 0.241 e. The average Bonchev–Trinajstić information content (AvgIpc) is 3.06. The number of anilines is 1. The van der Waals surface area contributed by atoms with Gasteiger partial charge in [0.25, 0.3) is 0 Å². The summed E-state index contributed by atoms with van der Waals surface area (Å²) in [5.41, 5.74) is 0.459. The molecule has 0 spiro atoms. The maximum absolute atomic E-state index is 11.8. The van der Waals surface area contributed by atoms with E-state index in [0.29, 0.717) is 16.2 Å². The van der Waals surface area contributed by atoms with Gasteiger partial charge in [0.05, 0.1) is 11.4 Å². The minimum absolute atomic E-state index is 0.112. The lowest BCUT2D eigenvalue weighted by molar-refractivity contribution is -0.114.